The Kier molecular flexibility index (Phi) is 5.23. The first-order valence-electron chi connectivity index (χ1n) is 13.4. The molecule has 3 aliphatic carbocycles. The Morgan fingerprint density at radius 1 is 1.11 bits per heavy atom. The van der Waals surface area contributed by atoms with Gasteiger partial charge in [-0.15, -0.1) is 0 Å². The van der Waals surface area contributed by atoms with Crippen LogP contribution in [0.25, 0.3) is 0 Å². The molecule has 2 amide bonds. The van der Waals surface area contributed by atoms with E-state index in [2.05, 4.69) is 10.1 Å². The van der Waals surface area contributed by atoms with Gasteiger partial charge in [0, 0.05) is 37.5 Å². The van der Waals surface area contributed by atoms with E-state index in [1.807, 2.05) is 26.9 Å². The van der Waals surface area contributed by atoms with Crippen molar-refractivity contribution >= 4 is 6.03 Å². The van der Waals surface area contributed by atoms with Gasteiger partial charge >= 0.3 is 12.2 Å². The van der Waals surface area contributed by atoms with E-state index in [1.165, 1.54) is 18.9 Å². The molecule has 2 unspecified atom stereocenters. The van der Waals surface area contributed by atoms with Gasteiger partial charge in [-0.05, 0) is 68.6 Å². The van der Waals surface area contributed by atoms with E-state index in [-0.39, 0.29) is 28.9 Å². The number of hydrogen-bond acceptors (Lipinski definition) is 5. The molecule has 3 saturated carbocycles. The standard InChI is InChI=1S/C27H29F3N6O2/c28-27(29,30)20-3-4-23(17(5-20)10-31)38-22-6-18-11-34(12-19(18)7-22)25(37)35-13-26(14-35)8-21(9-26)36-15-32-24(33-36)16-1-2-16/h3-5,15-16,18-19,21-22H,1-2,6-9,11-14H2. The molecule has 8 nitrogen and oxygen atoms in total. The van der Waals surface area contributed by atoms with Gasteiger partial charge in [0.25, 0.3) is 0 Å². The molecule has 11 heteroatoms. The molecule has 3 heterocycles. The van der Waals surface area contributed by atoms with Crippen molar-refractivity contribution in [3.8, 4) is 11.8 Å². The van der Waals surface area contributed by atoms with Crippen molar-refractivity contribution in [2.24, 2.45) is 17.3 Å². The van der Waals surface area contributed by atoms with E-state index in [1.54, 1.807) is 0 Å². The van der Waals surface area contributed by atoms with Crippen molar-refractivity contribution in [3.63, 3.8) is 0 Å². The summed E-state index contributed by atoms with van der Waals surface area (Å²) in [5.41, 5.74) is -0.739. The number of alkyl halides is 3. The second-order valence-electron chi connectivity index (χ2n) is 12.0. The van der Waals surface area contributed by atoms with Gasteiger partial charge in [-0.25, -0.2) is 14.5 Å². The van der Waals surface area contributed by atoms with Crippen LogP contribution in [0.5, 0.6) is 5.75 Å². The van der Waals surface area contributed by atoms with Gasteiger partial charge in [0.2, 0.25) is 0 Å². The second kappa shape index (κ2) is 8.35. The lowest BCUT2D eigenvalue weighted by atomic mass is 9.61. The normalized spacial score (nSPS) is 28.1. The number of halogens is 3. The van der Waals surface area contributed by atoms with Crippen LogP contribution >= 0.6 is 0 Å². The lowest BCUT2D eigenvalue weighted by Gasteiger charge is -2.59. The minimum absolute atomic E-state index is 0.106. The fourth-order valence-electron chi connectivity index (χ4n) is 7.05. The van der Waals surface area contributed by atoms with E-state index in [4.69, 9.17) is 4.74 Å². The number of nitrogens with zero attached hydrogens (tertiary/aromatic N) is 6. The van der Waals surface area contributed by atoms with Gasteiger partial charge in [-0.3, -0.25) is 0 Å². The largest absolute Gasteiger partial charge is 0.489 e. The van der Waals surface area contributed by atoms with Gasteiger partial charge in [0.05, 0.1) is 23.3 Å². The Bertz CT molecular complexity index is 1290. The fraction of sp³-hybridized carbons (Fsp3) is 0.630. The number of rotatable bonds is 4. The number of carbonyl (C=O) groups is 1. The van der Waals surface area contributed by atoms with Crippen LogP contribution in [0.1, 0.15) is 67.4 Å². The number of ether oxygens (including phenoxy) is 1. The van der Waals surface area contributed by atoms with Crippen LogP contribution in [-0.4, -0.2) is 62.9 Å². The summed E-state index contributed by atoms with van der Waals surface area (Å²) < 4.78 is 46.9. The first-order valence-corrected chi connectivity index (χ1v) is 13.4. The van der Waals surface area contributed by atoms with Crippen molar-refractivity contribution in [2.45, 2.75) is 62.8 Å². The average Bonchev–Trinajstić information content (AvgIpc) is 3.24. The van der Waals surface area contributed by atoms with Crippen LogP contribution in [0.15, 0.2) is 24.5 Å². The molecule has 0 N–H and O–H groups in total. The van der Waals surface area contributed by atoms with Crippen LogP contribution < -0.4 is 4.74 Å². The van der Waals surface area contributed by atoms with Crippen LogP contribution in [0, 0.1) is 28.6 Å². The molecule has 1 spiro atoms. The Morgan fingerprint density at radius 3 is 2.45 bits per heavy atom. The maximum absolute atomic E-state index is 13.2. The summed E-state index contributed by atoms with van der Waals surface area (Å²) >= 11 is 0. The molecule has 5 fully saturated rings. The number of likely N-dealkylation sites (tertiary alicyclic amines) is 2. The van der Waals surface area contributed by atoms with Crippen molar-refractivity contribution in [3.05, 3.63) is 41.5 Å². The van der Waals surface area contributed by atoms with Crippen molar-refractivity contribution in [1.29, 1.82) is 5.26 Å². The van der Waals surface area contributed by atoms with Gasteiger partial charge in [-0.2, -0.15) is 23.5 Å². The summed E-state index contributed by atoms with van der Waals surface area (Å²) in [5.74, 6) is 2.34. The highest BCUT2D eigenvalue weighted by molar-refractivity contribution is 5.76. The van der Waals surface area contributed by atoms with E-state index >= 15 is 0 Å². The monoisotopic (exact) mass is 526 g/mol. The van der Waals surface area contributed by atoms with Crippen molar-refractivity contribution in [2.75, 3.05) is 26.2 Å². The van der Waals surface area contributed by atoms with E-state index in [0.717, 1.165) is 56.7 Å². The van der Waals surface area contributed by atoms with E-state index in [0.29, 0.717) is 36.9 Å². The summed E-state index contributed by atoms with van der Waals surface area (Å²) in [4.78, 5) is 21.5. The molecule has 2 saturated heterocycles. The molecule has 2 atom stereocenters. The number of carbonyl (C=O) groups excluding carboxylic acids is 1. The topological polar surface area (TPSA) is 87.3 Å². The Morgan fingerprint density at radius 2 is 1.82 bits per heavy atom. The molecule has 5 aliphatic rings. The van der Waals surface area contributed by atoms with Gasteiger partial charge < -0.3 is 14.5 Å². The third-order valence-corrected chi connectivity index (χ3v) is 9.20. The van der Waals surface area contributed by atoms with Crippen LogP contribution in [0.2, 0.25) is 0 Å². The average molecular weight is 527 g/mol. The molecule has 38 heavy (non-hydrogen) atoms. The highest BCUT2D eigenvalue weighted by atomic mass is 19.4. The minimum Gasteiger partial charge on any atom is -0.489 e. The summed E-state index contributed by atoms with van der Waals surface area (Å²) in [6.07, 6.45) is 3.14. The van der Waals surface area contributed by atoms with Crippen LogP contribution in [0.3, 0.4) is 0 Å². The number of amides is 2. The first kappa shape index (κ1) is 23.8. The van der Waals surface area contributed by atoms with Crippen molar-refractivity contribution in [1.82, 2.24) is 24.6 Å². The predicted molar refractivity (Wildman–Crippen MR) is 128 cm³/mol. The summed E-state index contributed by atoms with van der Waals surface area (Å²) in [7, 11) is 0. The number of fused-ring (bicyclic) bond motifs is 1. The van der Waals surface area contributed by atoms with E-state index < -0.39 is 11.7 Å². The molecule has 7 rings (SSSR count). The maximum Gasteiger partial charge on any atom is 0.416 e. The molecule has 200 valence electrons. The molecule has 1 aromatic carbocycles. The van der Waals surface area contributed by atoms with Crippen molar-refractivity contribution < 1.29 is 22.7 Å². The zero-order chi connectivity index (χ0) is 26.2. The predicted octanol–water partition coefficient (Wildman–Crippen LogP) is 4.59. The third-order valence-electron chi connectivity index (χ3n) is 9.20. The number of urea groups is 1. The molecule has 2 aliphatic heterocycles. The summed E-state index contributed by atoms with van der Waals surface area (Å²) in [6, 6.07) is 5.36. The number of benzene rings is 1. The second-order valence-corrected chi connectivity index (χ2v) is 12.0. The van der Waals surface area contributed by atoms with E-state index in [9.17, 15) is 23.2 Å². The Labute approximate surface area is 218 Å². The SMILES string of the molecule is N#Cc1cc(C(F)(F)F)ccc1OC1CC2CN(C(=O)N3CC4(CC(n5cnc(C6CC6)n5)C4)C3)CC2C1. The Balaban J connectivity index is 0.888. The third kappa shape index (κ3) is 4.09. The zero-order valence-corrected chi connectivity index (χ0v) is 20.9. The zero-order valence-electron chi connectivity index (χ0n) is 20.9. The molecule has 0 radical (unpaired) electrons. The molecule has 2 aromatic rings. The molecule has 0 bridgehead atoms. The maximum atomic E-state index is 13.2. The van der Waals surface area contributed by atoms with Crippen LogP contribution in [0.4, 0.5) is 18.0 Å². The highest BCUT2D eigenvalue weighted by Gasteiger charge is 2.56. The number of aromatic nitrogens is 3. The lowest BCUT2D eigenvalue weighted by Crippen LogP contribution is -2.65. The summed E-state index contributed by atoms with van der Waals surface area (Å²) in [6.45, 7) is 2.96. The molecular weight excluding hydrogens is 497 g/mol. The minimum atomic E-state index is -4.50. The summed E-state index contributed by atoms with van der Waals surface area (Å²) in [5, 5.41) is 14.0. The highest BCUT2D eigenvalue weighted by Crippen LogP contribution is 2.54. The van der Waals surface area contributed by atoms with Crippen LogP contribution in [-0.2, 0) is 6.18 Å². The smallest absolute Gasteiger partial charge is 0.416 e. The number of nitriles is 1. The quantitative estimate of drug-likeness (QED) is 0.582. The molecule has 1 aromatic heterocycles. The van der Waals surface area contributed by atoms with Gasteiger partial charge in [0.15, 0.2) is 5.82 Å². The first-order chi connectivity index (χ1) is 18.2. The number of hydrogen-bond donors (Lipinski definition) is 0. The van der Waals surface area contributed by atoms with Gasteiger partial charge in [-0.1, -0.05) is 0 Å². The lowest BCUT2D eigenvalue weighted by molar-refractivity contribution is -0.137. The van der Waals surface area contributed by atoms with Gasteiger partial charge in [0.1, 0.15) is 18.1 Å². The Hall–Kier alpha value is -3.29. The molecular formula is C27H29F3N6O2. The fourth-order valence-corrected chi connectivity index (χ4v) is 7.05.